The molecule has 1 heterocycles. The second-order valence-corrected chi connectivity index (χ2v) is 6.33. The smallest absolute Gasteiger partial charge is 0.134 e. The SMILES string of the molecule is CN(c1cc(NCC(C)(C)N)ncn1)C(C)(C)C. The number of rotatable bonds is 4. The molecule has 0 saturated carbocycles. The van der Waals surface area contributed by atoms with Crippen LogP contribution in [0.5, 0.6) is 0 Å². The molecule has 0 spiro atoms. The molecule has 5 nitrogen and oxygen atoms in total. The molecule has 5 heteroatoms. The first-order valence-corrected chi connectivity index (χ1v) is 6.18. The molecule has 0 radical (unpaired) electrons. The third-order valence-corrected chi connectivity index (χ3v) is 2.73. The van der Waals surface area contributed by atoms with Gasteiger partial charge in [-0.3, -0.25) is 0 Å². The van der Waals surface area contributed by atoms with Crippen molar-refractivity contribution in [3.8, 4) is 0 Å². The molecule has 0 unspecified atom stereocenters. The molecule has 1 rings (SSSR count). The van der Waals surface area contributed by atoms with Crippen molar-refractivity contribution < 1.29 is 0 Å². The van der Waals surface area contributed by atoms with Gasteiger partial charge in [0.15, 0.2) is 0 Å². The summed E-state index contributed by atoms with van der Waals surface area (Å²) in [6.45, 7) is 11.1. The first kappa shape index (κ1) is 14.7. The van der Waals surface area contributed by atoms with Crippen molar-refractivity contribution in [3.05, 3.63) is 12.4 Å². The zero-order valence-corrected chi connectivity index (χ0v) is 12.3. The van der Waals surface area contributed by atoms with E-state index in [1.54, 1.807) is 6.33 Å². The Bertz CT molecular complexity index is 389. The minimum atomic E-state index is -0.263. The van der Waals surface area contributed by atoms with Gasteiger partial charge in [0.2, 0.25) is 0 Å². The lowest BCUT2D eigenvalue weighted by molar-refractivity contribution is 0.533. The lowest BCUT2D eigenvalue weighted by Crippen LogP contribution is -2.40. The minimum Gasteiger partial charge on any atom is -0.368 e. The van der Waals surface area contributed by atoms with E-state index in [9.17, 15) is 0 Å². The minimum absolute atomic E-state index is 0.0265. The lowest BCUT2D eigenvalue weighted by atomic mass is 10.1. The third-order valence-electron chi connectivity index (χ3n) is 2.73. The Morgan fingerprint density at radius 3 is 2.33 bits per heavy atom. The van der Waals surface area contributed by atoms with Crippen LogP contribution >= 0.6 is 0 Å². The Kier molecular flexibility index (Phi) is 4.16. The molecule has 0 fully saturated rings. The quantitative estimate of drug-likeness (QED) is 0.855. The first-order chi connectivity index (χ1) is 8.09. The van der Waals surface area contributed by atoms with E-state index >= 15 is 0 Å². The number of anilines is 2. The fraction of sp³-hybridized carbons (Fsp3) is 0.692. The summed E-state index contributed by atoms with van der Waals surface area (Å²) in [5, 5.41) is 3.23. The normalized spacial score (nSPS) is 12.4. The lowest BCUT2D eigenvalue weighted by Gasteiger charge is -2.33. The highest BCUT2D eigenvalue weighted by Gasteiger charge is 2.19. The van der Waals surface area contributed by atoms with Crippen molar-refractivity contribution >= 4 is 11.6 Å². The molecule has 1 aromatic heterocycles. The topological polar surface area (TPSA) is 67.1 Å². The summed E-state index contributed by atoms with van der Waals surface area (Å²) in [4.78, 5) is 10.6. The second-order valence-electron chi connectivity index (χ2n) is 6.33. The van der Waals surface area contributed by atoms with E-state index in [0.29, 0.717) is 6.54 Å². The van der Waals surface area contributed by atoms with E-state index < -0.39 is 0 Å². The van der Waals surface area contributed by atoms with Crippen LogP contribution in [-0.2, 0) is 0 Å². The van der Waals surface area contributed by atoms with Gasteiger partial charge in [0.05, 0.1) is 0 Å². The number of hydrogen-bond donors (Lipinski definition) is 2. The predicted molar refractivity (Wildman–Crippen MR) is 76.9 cm³/mol. The molecule has 0 aliphatic rings. The average Bonchev–Trinajstić information content (AvgIpc) is 2.23. The van der Waals surface area contributed by atoms with Crippen LogP contribution < -0.4 is 16.0 Å². The molecule has 18 heavy (non-hydrogen) atoms. The number of nitrogens with zero attached hydrogens (tertiary/aromatic N) is 3. The summed E-state index contributed by atoms with van der Waals surface area (Å²) in [5.74, 6) is 1.70. The molecule has 1 aromatic rings. The molecule has 0 aliphatic heterocycles. The zero-order chi connectivity index (χ0) is 14.0. The highest BCUT2D eigenvalue weighted by Crippen LogP contribution is 2.20. The van der Waals surface area contributed by atoms with Gasteiger partial charge >= 0.3 is 0 Å². The number of hydrogen-bond acceptors (Lipinski definition) is 5. The van der Waals surface area contributed by atoms with Gasteiger partial charge < -0.3 is 16.0 Å². The van der Waals surface area contributed by atoms with Gasteiger partial charge in [0.1, 0.15) is 18.0 Å². The molecule has 0 atom stereocenters. The highest BCUT2D eigenvalue weighted by molar-refractivity contribution is 5.49. The highest BCUT2D eigenvalue weighted by atomic mass is 15.2. The average molecular weight is 251 g/mol. The molecular weight excluding hydrogens is 226 g/mol. The summed E-state index contributed by atoms with van der Waals surface area (Å²) in [6, 6.07) is 1.94. The summed E-state index contributed by atoms with van der Waals surface area (Å²) < 4.78 is 0. The van der Waals surface area contributed by atoms with Gasteiger partial charge in [-0.05, 0) is 34.6 Å². The molecule has 102 valence electrons. The van der Waals surface area contributed by atoms with Crippen LogP contribution in [0.4, 0.5) is 11.6 Å². The Balaban J connectivity index is 2.80. The van der Waals surface area contributed by atoms with Gasteiger partial charge in [-0.2, -0.15) is 0 Å². The maximum absolute atomic E-state index is 5.93. The Hall–Kier alpha value is -1.36. The van der Waals surface area contributed by atoms with E-state index in [-0.39, 0.29) is 11.1 Å². The summed E-state index contributed by atoms with van der Waals surface area (Å²) in [5.41, 5.74) is 5.70. The Morgan fingerprint density at radius 1 is 1.22 bits per heavy atom. The van der Waals surface area contributed by atoms with Crippen LogP contribution in [0, 0.1) is 0 Å². The van der Waals surface area contributed by atoms with Gasteiger partial charge in [0.25, 0.3) is 0 Å². The van der Waals surface area contributed by atoms with Crippen molar-refractivity contribution in [3.63, 3.8) is 0 Å². The molecule has 0 bridgehead atoms. The fourth-order valence-electron chi connectivity index (χ4n) is 1.29. The van der Waals surface area contributed by atoms with Crippen molar-refractivity contribution in [2.45, 2.75) is 45.7 Å². The Labute approximate surface area is 110 Å². The van der Waals surface area contributed by atoms with Crippen LogP contribution in [0.3, 0.4) is 0 Å². The van der Waals surface area contributed by atoms with Crippen molar-refractivity contribution in [2.75, 3.05) is 23.8 Å². The standard InChI is InChI=1S/C13H25N5/c1-12(2,3)18(6)11-7-10(16-9-17-11)15-8-13(4,5)14/h7,9H,8,14H2,1-6H3,(H,15,16,17). The monoisotopic (exact) mass is 251 g/mol. The molecule has 0 saturated heterocycles. The Morgan fingerprint density at radius 2 is 1.83 bits per heavy atom. The van der Waals surface area contributed by atoms with Crippen LogP contribution in [0.1, 0.15) is 34.6 Å². The van der Waals surface area contributed by atoms with E-state index in [2.05, 4.69) is 41.0 Å². The first-order valence-electron chi connectivity index (χ1n) is 6.18. The summed E-state index contributed by atoms with van der Waals surface area (Å²) in [7, 11) is 2.03. The van der Waals surface area contributed by atoms with Gasteiger partial charge in [0, 0.05) is 30.7 Å². The molecule has 0 aliphatic carbocycles. The summed E-state index contributed by atoms with van der Waals surface area (Å²) >= 11 is 0. The van der Waals surface area contributed by atoms with Gasteiger partial charge in [-0.25, -0.2) is 9.97 Å². The van der Waals surface area contributed by atoms with E-state index in [4.69, 9.17) is 5.73 Å². The molecule has 0 aromatic carbocycles. The van der Waals surface area contributed by atoms with E-state index in [1.807, 2.05) is 27.0 Å². The predicted octanol–water partition coefficient (Wildman–Crippen LogP) is 1.86. The molecule has 3 N–H and O–H groups in total. The van der Waals surface area contributed by atoms with E-state index in [0.717, 1.165) is 11.6 Å². The largest absolute Gasteiger partial charge is 0.368 e. The number of nitrogens with two attached hydrogens (primary N) is 1. The maximum Gasteiger partial charge on any atom is 0.134 e. The number of nitrogens with one attached hydrogen (secondary N) is 1. The van der Waals surface area contributed by atoms with E-state index in [1.165, 1.54) is 0 Å². The van der Waals surface area contributed by atoms with Crippen LogP contribution in [0.15, 0.2) is 12.4 Å². The van der Waals surface area contributed by atoms with Crippen molar-refractivity contribution in [1.82, 2.24) is 9.97 Å². The van der Waals surface area contributed by atoms with Crippen LogP contribution in [-0.4, -0.2) is 34.6 Å². The van der Waals surface area contributed by atoms with Crippen molar-refractivity contribution in [2.24, 2.45) is 5.73 Å². The number of aromatic nitrogens is 2. The van der Waals surface area contributed by atoms with Crippen LogP contribution in [0.2, 0.25) is 0 Å². The van der Waals surface area contributed by atoms with Gasteiger partial charge in [-0.15, -0.1) is 0 Å². The van der Waals surface area contributed by atoms with Crippen LogP contribution in [0.25, 0.3) is 0 Å². The fourth-order valence-corrected chi connectivity index (χ4v) is 1.29. The second kappa shape index (κ2) is 5.10. The third kappa shape index (κ3) is 4.49. The van der Waals surface area contributed by atoms with Crippen molar-refractivity contribution in [1.29, 1.82) is 0 Å². The summed E-state index contributed by atoms with van der Waals surface area (Å²) in [6.07, 6.45) is 1.57. The molecular formula is C13H25N5. The zero-order valence-electron chi connectivity index (χ0n) is 12.3. The molecule has 0 amide bonds. The van der Waals surface area contributed by atoms with Gasteiger partial charge in [-0.1, -0.05) is 0 Å². The maximum atomic E-state index is 5.93.